The van der Waals surface area contributed by atoms with Gasteiger partial charge in [-0.05, 0) is 13.3 Å². The Balaban J connectivity index is 2.58. The van der Waals surface area contributed by atoms with E-state index >= 15 is 0 Å². The van der Waals surface area contributed by atoms with Gasteiger partial charge in [0.2, 0.25) is 0 Å². The van der Waals surface area contributed by atoms with Crippen LogP contribution in [-0.4, -0.2) is 18.1 Å². The summed E-state index contributed by atoms with van der Waals surface area (Å²) in [5, 5.41) is 0. The van der Waals surface area contributed by atoms with Gasteiger partial charge < -0.3 is 0 Å². The van der Waals surface area contributed by atoms with Gasteiger partial charge in [0.15, 0.2) is 0 Å². The predicted molar refractivity (Wildman–Crippen MR) is 35.7 cm³/mol. The van der Waals surface area contributed by atoms with Crippen LogP contribution in [0.5, 0.6) is 0 Å². The Morgan fingerprint density at radius 3 is 2.75 bits per heavy atom. The highest BCUT2D eigenvalue weighted by Gasteiger charge is 2.02. The van der Waals surface area contributed by atoms with Crippen molar-refractivity contribution in [3.05, 3.63) is 0 Å². The first-order valence-corrected chi connectivity index (χ1v) is 2.92. The molecule has 0 spiro atoms. The van der Waals surface area contributed by atoms with Gasteiger partial charge in [-0.3, -0.25) is 9.98 Å². The molecular weight excluding hydrogens is 100 g/mol. The van der Waals surface area contributed by atoms with Crippen molar-refractivity contribution >= 4 is 11.9 Å². The average Bonchev–Trinajstić information content (AvgIpc) is 2.14. The summed E-state index contributed by atoms with van der Waals surface area (Å²) in [6.45, 7) is 4.07. The van der Waals surface area contributed by atoms with E-state index in [9.17, 15) is 0 Å². The van der Waals surface area contributed by atoms with Crippen molar-refractivity contribution in [1.29, 1.82) is 0 Å². The lowest BCUT2D eigenvalue weighted by Gasteiger charge is -1.88. The van der Waals surface area contributed by atoms with Gasteiger partial charge in [0.1, 0.15) is 6.17 Å². The van der Waals surface area contributed by atoms with Crippen molar-refractivity contribution in [3.8, 4) is 0 Å². The molecule has 0 aromatic rings. The fraction of sp³-hybridized carbons (Fsp3) is 0.667. The quantitative estimate of drug-likeness (QED) is 0.485. The van der Waals surface area contributed by atoms with Gasteiger partial charge >= 0.3 is 0 Å². The minimum atomic E-state index is 0.185. The van der Waals surface area contributed by atoms with E-state index in [4.69, 9.17) is 0 Å². The second-order valence-electron chi connectivity index (χ2n) is 1.88. The summed E-state index contributed by atoms with van der Waals surface area (Å²) < 4.78 is 0. The maximum Gasteiger partial charge on any atom is 0.137 e. The molecule has 0 fully saturated rings. The van der Waals surface area contributed by atoms with Crippen LogP contribution in [0.1, 0.15) is 20.3 Å². The average molecular weight is 110 g/mol. The monoisotopic (exact) mass is 110 g/mol. The van der Waals surface area contributed by atoms with Gasteiger partial charge in [-0.15, -0.1) is 0 Å². The highest BCUT2D eigenvalue weighted by atomic mass is 15.0. The lowest BCUT2D eigenvalue weighted by atomic mass is 10.3. The summed E-state index contributed by atoms with van der Waals surface area (Å²) >= 11 is 0. The molecule has 0 amide bonds. The normalized spacial score (nSPS) is 26.2. The van der Waals surface area contributed by atoms with Crippen LogP contribution in [0.15, 0.2) is 9.98 Å². The van der Waals surface area contributed by atoms with Crippen molar-refractivity contribution in [2.75, 3.05) is 0 Å². The van der Waals surface area contributed by atoms with E-state index in [2.05, 4.69) is 16.9 Å². The Hall–Kier alpha value is -0.660. The molecule has 44 valence electrons. The molecule has 0 aliphatic carbocycles. The Bertz CT molecular complexity index is 135. The van der Waals surface area contributed by atoms with Crippen molar-refractivity contribution in [2.24, 2.45) is 9.98 Å². The zero-order valence-corrected chi connectivity index (χ0v) is 5.26. The van der Waals surface area contributed by atoms with Crippen LogP contribution < -0.4 is 0 Å². The summed E-state index contributed by atoms with van der Waals surface area (Å²) in [4.78, 5) is 8.26. The Kier molecular flexibility index (Phi) is 1.42. The summed E-state index contributed by atoms with van der Waals surface area (Å²) in [5.41, 5.74) is 1.12. The number of rotatable bonds is 1. The van der Waals surface area contributed by atoms with Gasteiger partial charge in [0, 0.05) is 6.21 Å². The maximum absolute atomic E-state index is 4.20. The zero-order valence-electron chi connectivity index (χ0n) is 5.26. The standard InChI is InChI=1S/C6H10N2/c1-3-6-4-7-5(2)8-6/h4-5H,3H2,1-2H3. The number of hydrogen-bond acceptors (Lipinski definition) is 2. The zero-order chi connectivity index (χ0) is 5.98. The first kappa shape index (κ1) is 5.48. The molecule has 1 heterocycles. The SMILES string of the molecule is CCC1=NC(C)N=C1. The highest BCUT2D eigenvalue weighted by Crippen LogP contribution is 2.00. The predicted octanol–water partition coefficient (Wildman–Crippen LogP) is 1.27. The number of hydrogen-bond donors (Lipinski definition) is 0. The lowest BCUT2D eigenvalue weighted by Crippen LogP contribution is -1.91. The molecule has 1 aliphatic rings. The van der Waals surface area contributed by atoms with Gasteiger partial charge in [0.25, 0.3) is 0 Å². The minimum absolute atomic E-state index is 0.185. The molecule has 0 N–H and O–H groups in total. The third-order valence-electron chi connectivity index (χ3n) is 1.15. The van der Waals surface area contributed by atoms with Crippen LogP contribution in [0, 0.1) is 0 Å². The number of aliphatic imine (C=N–C) groups is 2. The fourth-order valence-corrected chi connectivity index (χ4v) is 0.683. The second-order valence-corrected chi connectivity index (χ2v) is 1.88. The van der Waals surface area contributed by atoms with Gasteiger partial charge in [0.05, 0.1) is 5.71 Å². The molecule has 0 aromatic carbocycles. The molecule has 1 unspecified atom stereocenters. The van der Waals surface area contributed by atoms with Crippen LogP contribution in [0.2, 0.25) is 0 Å². The first-order valence-electron chi connectivity index (χ1n) is 2.92. The summed E-state index contributed by atoms with van der Waals surface area (Å²) in [7, 11) is 0. The van der Waals surface area contributed by atoms with Crippen LogP contribution in [0.3, 0.4) is 0 Å². The molecule has 2 heteroatoms. The van der Waals surface area contributed by atoms with Crippen LogP contribution in [0.4, 0.5) is 0 Å². The van der Waals surface area contributed by atoms with Crippen LogP contribution in [-0.2, 0) is 0 Å². The van der Waals surface area contributed by atoms with Crippen molar-refractivity contribution in [2.45, 2.75) is 26.4 Å². The van der Waals surface area contributed by atoms with E-state index in [0.717, 1.165) is 12.1 Å². The number of nitrogens with zero attached hydrogens (tertiary/aromatic N) is 2. The van der Waals surface area contributed by atoms with Crippen molar-refractivity contribution in [3.63, 3.8) is 0 Å². The Labute approximate surface area is 49.3 Å². The van der Waals surface area contributed by atoms with Crippen LogP contribution in [0.25, 0.3) is 0 Å². The largest absolute Gasteiger partial charge is 0.265 e. The minimum Gasteiger partial charge on any atom is -0.265 e. The van der Waals surface area contributed by atoms with Gasteiger partial charge in [-0.2, -0.15) is 0 Å². The molecule has 0 saturated heterocycles. The molecule has 8 heavy (non-hydrogen) atoms. The smallest absolute Gasteiger partial charge is 0.137 e. The first-order chi connectivity index (χ1) is 3.83. The maximum atomic E-state index is 4.20. The topological polar surface area (TPSA) is 24.7 Å². The molecule has 0 saturated carbocycles. The fourth-order valence-electron chi connectivity index (χ4n) is 0.683. The van der Waals surface area contributed by atoms with E-state index < -0.39 is 0 Å². The van der Waals surface area contributed by atoms with E-state index in [-0.39, 0.29) is 6.17 Å². The molecule has 0 aromatic heterocycles. The third kappa shape index (κ3) is 0.941. The van der Waals surface area contributed by atoms with Gasteiger partial charge in [-0.1, -0.05) is 6.92 Å². The Morgan fingerprint density at radius 1 is 1.75 bits per heavy atom. The molecular formula is C6H10N2. The van der Waals surface area contributed by atoms with Crippen molar-refractivity contribution in [1.82, 2.24) is 0 Å². The van der Waals surface area contributed by atoms with E-state index in [0.29, 0.717) is 0 Å². The lowest BCUT2D eigenvalue weighted by molar-refractivity contribution is 0.814. The second kappa shape index (κ2) is 2.07. The molecule has 1 atom stereocenters. The van der Waals surface area contributed by atoms with Gasteiger partial charge in [-0.25, -0.2) is 0 Å². The molecule has 1 aliphatic heterocycles. The summed E-state index contributed by atoms with van der Waals surface area (Å²) in [6.07, 6.45) is 3.04. The molecule has 0 radical (unpaired) electrons. The highest BCUT2D eigenvalue weighted by molar-refractivity contribution is 6.31. The van der Waals surface area contributed by atoms with E-state index in [1.807, 2.05) is 13.1 Å². The van der Waals surface area contributed by atoms with E-state index in [1.165, 1.54) is 0 Å². The third-order valence-corrected chi connectivity index (χ3v) is 1.15. The molecule has 1 rings (SSSR count). The van der Waals surface area contributed by atoms with E-state index in [1.54, 1.807) is 0 Å². The van der Waals surface area contributed by atoms with Crippen molar-refractivity contribution < 1.29 is 0 Å². The summed E-state index contributed by atoms with van der Waals surface area (Å²) in [6, 6.07) is 0. The molecule has 0 bridgehead atoms. The Morgan fingerprint density at radius 2 is 2.50 bits per heavy atom. The summed E-state index contributed by atoms with van der Waals surface area (Å²) in [5.74, 6) is 0. The van der Waals surface area contributed by atoms with Crippen LogP contribution >= 0.6 is 0 Å². The molecule has 2 nitrogen and oxygen atoms in total.